The molecule has 4 heteroatoms. The number of hydrogen-bond acceptors (Lipinski definition) is 2. The number of hydrogen-bond donors (Lipinski definition) is 1. The fourth-order valence-electron chi connectivity index (χ4n) is 3.96. The molecule has 2 unspecified atom stereocenters. The van der Waals surface area contributed by atoms with Crippen LogP contribution >= 0.6 is 23.2 Å². The topological polar surface area (TPSA) is 15.3 Å². The quantitative estimate of drug-likeness (QED) is 0.846. The summed E-state index contributed by atoms with van der Waals surface area (Å²) >= 11 is 12.1. The molecule has 0 aromatic heterocycles. The highest BCUT2D eigenvalue weighted by Crippen LogP contribution is 2.26. The minimum absolute atomic E-state index is 0.639. The molecule has 1 aliphatic carbocycles. The second-order valence-electron chi connectivity index (χ2n) is 6.65. The van der Waals surface area contributed by atoms with Crippen molar-refractivity contribution in [3.8, 4) is 0 Å². The van der Waals surface area contributed by atoms with Crippen LogP contribution in [0.3, 0.4) is 0 Å². The smallest absolute Gasteiger partial charge is 0.0595 e. The van der Waals surface area contributed by atoms with Crippen molar-refractivity contribution in [1.29, 1.82) is 0 Å². The second kappa shape index (κ2) is 8.01. The average Bonchev–Trinajstić information content (AvgIpc) is 3.05. The Morgan fingerprint density at radius 2 is 1.77 bits per heavy atom. The Hall–Kier alpha value is -0.280. The zero-order valence-electron chi connectivity index (χ0n) is 13.2. The Bertz CT molecular complexity index is 486. The van der Waals surface area contributed by atoms with Gasteiger partial charge in [-0.2, -0.15) is 0 Å². The highest BCUT2D eigenvalue weighted by Gasteiger charge is 2.30. The fraction of sp³-hybridized carbons (Fsp3) is 0.667. The van der Waals surface area contributed by atoms with Crippen molar-refractivity contribution in [3.63, 3.8) is 0 Å². The molecule has 1 N–H and O–H groups in total. The van der Waals surface area contributed by atoms with Crippen LogP contribution in [0.2, 0.25) is 10.0 Å². The molecule has 2 aliphatic rings. The molecule has 22 heavy (non-hydrogen) atoms. The minimum atomic E-state index is 0.639. The van der Waals surface area contributed by atoms with Crippen LogP contribution in [0.25, 0.3) is 0 Å². The molecular weight excluding hydrogens is 315 g/mol. The summed E-state index contributed by atoms with van der Waals surface area (Å²) < 4.78 is 0. The lowest BCUT2D eigenvalue weighted by atomic mass is 9.89. The van der Waals surface area contributed by atoms with E-state index in [1.54, 1.807) is 0 Å². The Kier molecular flexibility index (Phi) is 6.03. The van der Waals surface area contributed by atoms with Crippen molar-refractivity contribution in [3.05, 3.63) is 33.8 Å². The van der Waals surface area contributed by atoms with Gasteiger partial charge in [0.2, 0.25) is 0 Å². The zero-order valence-corrected chi connectivity index (χ0v) is 14.7. The van der Waals surface area contributed by atoms with Crippen molar-refractivity contribution < 1.29 is 0 Å². The predicted molar refractivity (Wildman–Crippen MR) is 95.0 cm³/mol. The van der Waals surface area contributed by atoms with Gasteiger partial charge in [-0.05, 0) is 69.4 Å². The van der Waals surface area contributed by atoms with Crippen LogP contribution < -0.4 is 5.32 Å². The maximum absolute atomic E-state index is 6.09. The number of nitrogens with zero attached hydrogens (tertiary/aromatic N) is 1. The van der Waals surface area contributed by atoms with Crippen LogP contribution in [-0.4, -0.2) is 36.6 Å². The number of nitrogens with one attached hydrogen (secondary N) is 1. The first-order chi connectivity index (χ1) is 10.7. The van der Waals surface area contributed by atoms with Crippen molar-refractivity contribution >= 4 is 23.2 Å². The number of halogens is 2. The van der Waals surface area contributed by atoms with E-state index in [4.69, 9.17) is 23.2 Å². The molecular formula is C18H26Cl2N2. The summed E-state index contributed by atoms with van der Waals surface area (Å²) in [5, 5.41) is 5.11. The molecule has 122 valence electrons. The van der Waals surface area contributed by atoms with Gasteiger partial charge in [0, 0.05) is 12.1 Å². The van der Waals surface area contributed by atoms with Gasteiger partial charge in [-0.25, -0.2) is 0 Å². The molecule has 1 saturated carbocycles. The van der Waals surface area contributed by atoms with Crippen LogP contribution in [0.1, 0.15) is 44.1 Å². The van der Waals surface area contributed by atoms with Crippen molar-refractivity contribution in [2.75, 3.05) is 19.6 Å². The molecule has 2 atom stereocenters. The SMILES string of the molecule is Clc1ccc(CCNC2CCCCC2N2CCCC2)cc1Cl. The van der Waals surface area contributed by atoms with Gasteiger partial charge in [-0.15, -0.1) is 0 Å². The third-order valence-electron chi connectivity index (χ3n) is 5.14. The van der Waals surface area contributed by atoms with Crippen LogP contribution in [0.4, 0.5) is 0 Å². The molecule has 0 amide bonds. The van der Waals surface area contributed by atoms with Crippen LogP contribution in [0, 0.1) is 0 Å². The first-order valence-corrected chi connectivity index (χ1v) is 9.41. The van der Waals surface area contributed by atoms with E-state index in [0.717, 1.165) is 19.0 Å². The first-order valence-electron chi connectivity index (χ1n) is 8.65. The third kappa shape index (κ3) is 4.17. The summed E-state index contributed by atoms with van der Waals surface area (Å²) in [6.07, 6.45) is 9.23. The molecule has 1 saturated heterocycles. The number of rotatable bonds is 5. The van der Waals surface area contributed by atoms with Gasteiger partial charge in [0.25, 0.3) is 0 Å². The molecule has 1 aromatic carbocycles. The Labute approximate surface area is 144 Å². The lowest BCUT2D eigenvalue weighted by Crippen LogP contribution is -2.51. The van der Waals surface area contributed by atoms with Crippen molar-refractivity contribution in [2.24, 2.45) is 0 Å². The maximum atomic E-state index is 6.09. The Balaban J connectivity index is 1.51. The van der Waals surface area contributed by atoms with Crippen LogP contribution in [0.5, 0.6) is 0 Å². The number of likely N-dealkylation sites (tertiary alicyclic amines) is 1. The lowest BCUT2D eigenvalue weighted by Gasteiger charge is -2.38. The van der Waals surface area contributed by atoms with Crippen LogP contribution in [0.15, 0.2) is 18.2 Å². The maximum Gasteiger partial charge on any atom is 0.0595 e. The van der Waals surface area contributed by atoms with Gasteiger partial charge in [0.15, 0.2) is 0 Å². The van der Waals surface area contributed by atoms with E-state index in [-0.39, 0.29) is 0 Å². The predicted octanol–water partition coefficient (Wildman–Crippen LogP) is 4.53. The lowest BCUT2D eigenvalue weighted by molar-refractivity contribution is 0.149. The van der Waals surface area contributed by atoms with Crippen molar-refractivity contribution in [1.82, 2.24) is 10.2 Å². The molecule has 0 radical (unpaired) electrons. The molecule has 3 rings (SSSR count). The van der Waals surface area contributed by atoms with E-state index in [1.165, 1.54) is 57.2 Å². The highest BCUT2D eigenvalue weighted by molar-refractivity contribution is 6.42. The van der Waals surface area contributed by atoms with E-state index < -0.39 is 0 Å². The standard InChI is InChI=1S/C18H26Cl2N2/c19-15-8-7-14(13-16(15)20)9-10-21-17-5-1-2-6-18(17)22-11-3-4-12-22/h7-8,13,17-18,21H,1-6,9-12H2. The zero-order chi connectivity index (χ0) is 15.4. The molecule has 1 heterocycles. The fourth-order valence-corrected chi connectivity index (χ4v) is 4.28. The van der Waals surface area contributed by atoms with E-state index in [2.05, 4.69) is 16.3 Å². The van der Waals surface area contributed by atoms with Crippen LogP contribution in [-0.2, 0) is 6.42 Å². The van der Waals surface area contributed by atoms with Gasteiger partial charge in [-0.1, -0.05) is 42.1 Å². The molecule has 0 spiro atoms. The first kappa shape index (κ1) is 16.6. The summed E-state index contributed by atoms with van der Waals surface area (Å²) in [6, 6.07) is 7.38. The van der Waals surface area contributed by atoms with E-state index in [1.807, 2.05) is 12.1 Å². The summed E-state index contributed by atoms with van der Waals surface area (Å²) in [6.45, 7) is 3.62. The molecule has 2 fully saturated rings. The molecule has 1 aliphatic heterocycles. The Morgan fingerprint density at radius 1 is 1.00 bits per heavy atom. The number of benzene rings is 1. The van der Waals surface area contributed by atoms with Gasteiger partial charge in [0.1, 0.15) is 0 Å². The van der Waals surface area contributed by atoms with Gasteiger partial charge < -0.3 is 5.32 Å². The van der Waals surface area contributed by atoms with Gasteiger partial charge in [-0.3, -0.25) is 4.90 Å². The highest BCUT2D eigenvalue weighted by atomic mass is 35.5. The van der Waals surface area contributed by atoms with E-state index in [0.29, 0.717) is 16.1 Å². The third-order valence-corrected chi connectivity index (χ3v) is 5.88. The van der Waals surface area contributed by atoms with Gasteiger partial charge in [0.05, 0.1) is 10.0 Å². The van der Waals surface area contributed by atoms with E-state index >= 15 is 0 Å². The summed E-state index contributed by atoms with van der Waals surface area (Å²) in [5.74, 6) is 0. The Morgan fingerprint density at radius 3 is 2.55 bits per heavy atom. The monoisotopic (exact) mass is 340 g/mol. The molecule has 2 nitrogen and oxygen atoms in total. The molecule has 0 bridgehead atoms. The van der Waals surface area contributed by atoms with Crippen molar-refractivity contribution in [2.45, 2.75) is 57.0 Å². The average molecular weight is 341 g/mol. The van der Waals surface area contributed by atoms with Gasteiger partial charge >= 0.3 is 0 Å². The minimum Gasteiger partial charge on any atom is -0.312 e. The second-order valence-corrected chi connectivity index (χ2v) is 7.47. The van der Waals surface area contributed by atoms with E-state index in [9.17, 15) is 0 Å². The summed E-state index contributed by atoms with van der Waals surface area (Å²) in [5.41, 5.74) is 1.26. The summed E-state index contributed by atoms with van der Waals surface area (Å²) in [4.78, 5) is 2.72. The normalized spacial score (nSPS) is 26.5. The molecule has 1 aromatic rings. The summed E-state index contributed by atoms with van der Waals surface area (Å²) in [7, 11) is 0. The largest absolute Gasteiger partial charge is 0.312 e.